The molecular weight excluding hydrogens is 266 g/mol. The fourth-order valence-electron chi connectivity index (χ4n) is 2.27. The molecule has 5 nitrogen and oxygen atoms in total. The van der Waals surface area contributed by atoms with Gasteiger partial charge in [0.05, 0.1) is 12.2 Å². The highest BCUT2D eigenvalue weighted by molar-refractivity contribution is 6.00. The summed E-state index contributed by atoms with van der Waals surface area (Å²) >= 11 is 0. The van der Waals surface area contributed by atoms with Crippen LogP contribution in [0.25, 0.3) is 0 Å². The lowest BCUT2D eigenvalue weighted by atomic mass is 9.83. The van der Waals surface area contributed by atoms with Crippen molar-refractivity contribution in [1.82, 2.24) is 5.32 Å². The standard InChI is InChI=1S/C16H27N3O2/c1-5-16(6-2,11-20)10-18-15(21)13-9-12(17)7-8-14(13)19(3)4/h7-9,20H,5-6,10-11,17H2,1-4H3,(H,18,21). The van der Waals surface area contributed by atoms with Crippen LogP contribution in [0, 0.1) is 5.41 Å². The first-order valence-electron chi connectivity index (χ1n) is 7.35. The Bertz CT molecular complexity index is 474. The Morgan fingerprint density at radius 3 is 2.43 bits per heavy atom. The lowest BCUT2D eigenvalue weighted by molar-refractivity contribution is 0.0851. The third kappa shape index (κ3) is 4.11. The molecule has 0 aliphatic rings. The number of nitrogen functional groups attached to an aromatic ring is 1. The summed E-state index contributed by atoms with van der Waals surface area (Å²) in [5.41, 5.74) is 7.47. The number of carbonyl (C=O) groups is 1. The van der Waals surface area contributed by atoms with Crippen LogP contribution in [0.4, 0.5) is 11.4 Å². The number of nitrogens with one attached hydrogen (secondary N) is 1. The van der Waals surface area contributed by atoms with Crippen LogP contribution in [0.2, 0.25) is 0 Å². The molecule has 0 radical (unpaired) electrons. The fourth-order valence-corrected chi connectivity index (χ4v) is 2.27. The van der Waals surface area contributed by atoms with Gasteiger partial charge < -0.3 is 21.1 Å². The Morgan fingerprint density at radius 2 is 1.95 bits per heavy atom. The summed E-state index contributed by atoms with van der Waals surface area (Å²) in [5, 5.41) is 12.5. The molecule has 0 saturated heterocycles. The molecule has 0 aliphatic heterocycles. The van der Waals surface area contributed by atoms with Crippen LogP contribution in [0.3, 0.4) is 0 Å². The number of hydrogen-bond acceptors (Lipinski definition) is 4. The Morgan fingerprint density at radius 1 is 1.33 bits per heavy atom. The molecule has 0 saturated carbocycles. The van der Waals surface area contributed by atoms with Gasteiger partial charge in [0.15, 0.2) is 0 Å². The van der Waals surface area contributed by atoms with Gasteiger partial charge in [-0.3, -0.25) is 4.79 Å². The summed E-state index contributed by atoms with van der Waals surface area (Å²) in [6.07, 6.45) is 1.63. The molecule has 21 heavy (non-hydrogen) atoms. The van der Waals surface area contributed by atoms with E-state index in [2.05, 4.69) is 5.32 Å². The molecule has 0 bridgehead atoms. The average Bonchev–Trinajstić information content (AvgIpc) is 2.48. The number of hydrogen-bond donors (Lipinski definition) is 3. The minimum atomic E-state index is -0.256. The van der Waals surface area contributed by atoms with Crippen LogP contribution >= 0.6 is 0 Å². The summed E-state index contributed by atoms with van der Waals surface area (Å²) < 4.78 is 0. The zero-order chi connectivity index (χ0) is 16.0. The molecule has 0 unspecified atom stereocenters. The van der Waals surface area contributed by atoms with E-state index in [-0.39, 0.29) is 17.9 Å². The number of nitrogens with zero attached hydrogens (tertiary/aromatic N) is 1. The number of aliphatic hydroxyl groups is 1. The van der Waals surface area contributed by atoms with Gasteiger partial charge in [0.1, 0.15) is 0 Å². The van der Waals surface area contributed by atoms with Crippen LogP contribution in [0.15, 0.2) is 18.2 Å². The fraction of sp³-hybridized carbons (Fsp3) is 0.562. The van der Waals surface area contributed by atoms with E-state index in [1.54, 1.807) is 12.1 Å². The minimum Gasteiger partial charge on any atom is -0.399 e. The topological polar surface area (TPSA) is 78.6 Å². The molecule has 0 fully saturated rings. The second kappa shape index (κ2) is 7.31. The van der Waals surface area contributed by atoms with Gasteiger partial charge in [0, 0.05) is 37.4 Å². The molecule has 0 aliphatic carbocycles. The molecule has 0 aromatic heterocycles. The summed E-state index contributed by atoms with van der Waals surface area (Å²) in [6.45, 7) is 4.57. The van der Waals surface area contributed by atoms with E-state index in [0.29, 0.717) is 17.8 Å². The van der Waals surface area contributed by atoms with E-state index in [4.69, 9.17) is 5.73 Å². The molecule has 1 aromatic carbocycles. The molecule has 1 amide bonds. The Kier molecular flexibility index (Phi) is 6.03. The number of carbonyl (C=O) groups excluding carboxylic acids is 1. The monoisotopic (exact) mass is 293 g/mol. The highest BCUT2D eigenvalue weighted by atomic mass is 16.3. The summed E-state index contributed by atoms with van der Waals surface area (Å²) in [4.78, 5) is 14.3. The van der Waals surface area contributed by atoms with E-state index in [1.807, 2.05) is 38.9 Å². The molecule has 0 heterocycles. The average molecular weight is 293 g/mol. The zero-order valence-electron chi connectivity index (χ0n) is 13.4. The van der Waals surface area contributed by atoms with Gasteiger partial charge in [0.2, 0.25) is 0 Å². The lowest BCUT2D eigenvalue weighted by Crippen LogP contribution is -2.39. The molecule has 5 heteroatoms. The summed E-state index contributed by atoms with van der Waals surface area (Å²) in [7, 11) is 3.77. The predicted molar refractivity (Wildman–Crippen MR) is 87.6 cm³/mol. The third-order valence-corrected chi connectivity index (χ3v) is 4.21. The summed E-state index contributed by atoms with van der Waals surface area (Å²) in [6, 6.07) is 5.30. The van der Waals surface area contributed by atoms with E-state index in [0.717, 1.165) is 18.5 Å². The van der Waals surface area contributed by atoms with Crippen molar-refractivity contribution >= 4 is 17.3 Å². The van der Waals surface area contributed by atoms with Gasteiger partial charge in [-0.15, -0.1) is 0 Å². The highest BCUT2D eigenvalue weighted by Gasteiger charge is 2.26. The zero-order valence-corrected chi connectivity index (χ0v) is 13.4. The van der Waals surface area contributed by atoms with Crippen molar-refractivity contribution in [3.63, 3.8) is 0 Å². The first-order valence-corrected chi connectivity index (χ1v) is 7.35. The van der Waals surface area contributed by atoms with Crippen LogP contribution in [-0.2, 0) is 0 Å². The molecular formula is C16H27N3O2. The highest BCUT2D eigenvalue weighted by Crippen LogP contribution is 2.25. The Labute approximate surface area is 127 Å². The van der Waals surface area contributed by atoms with Gasteiger partial charge in [-0.2, -0.15) is 0 Å². The first-order chi connectivity index (χ1) is 9.89. The van der Waals surface area contributed by atoms with Crippen LogP contribution < -0.4 is 16.0 Å². The van der Waals surface area contributed by atoms with Gasteiger partial charge in [0.25, 0.3) is 5.91 Å². The van der Waals surface area contributed by atoms with E-state index in [1.165, 1.54) is 0 Å². The first kappa shape index (κ1) is 17.3. The second-order valence-electron chi connectivity index (χ2n) is 5.72. The smallest absolute Gasteiger partial charge is 0.253 e. The predicted octanol–water partition coefficient (Wildman–Crippen LogP) is 1.86. The largest absolute Gasteiger partial charge is 0.399 e. The number of anilines is 2. The van der Waals surface area contributed by atoms with Crippen LogP contribution in [0.1, 0.15) is 37.0 Å². The van der Waals surface area contributed by atoms with E-state index < -0.39 is 0 Å². The van der Waals surface area contributed by atoms with Gasteiger partial charge in [-0.25, -0.2) is 0 Å². The quantitative estimate of drug-likeness (QED) is 0.671. The van der Waals surface area contributed by atoms with E-state index in [9.17, 15) is 9.90 Å². The number of amides is 1. The number of rotatable bonds is 7. The molecule has 118 valence electrons. The van der Waals surface area contributed by atoms with Crippen molar-refractivity contribution in [1.29, 1.82) is 0 Å². The van der Waals surface area contributed by atoms with Crippen molar-refractivity contribution in [2.75, 3.05) is 37.9 Å². The van der Waals surface area contributed by atoms with Gasteiger partial charge in [-0.05, 0) is 31.0 Å². The minimum absolute atomic E-state index is 0.0672. The maximum Gasteiger partial charge on any atom is 0.253 e. The molecule has 4 N–H and O–H groups in total. The van der Waals surface area contributed by atoms with Crippen molar-refractivity contribution in [2.45, 2.75) is 26.7 Å². The van der Waals surface area contributed by atoms with Crippen molar-refractivity contribution < 1.29 is 9.90 Å². The maximum atomic E-state index is 12.4. The number of benzene rings is 1. The second-order valence-corrected chi connectivity index (χ2v) is 5.72. The Hall–Kier alpha value is -1.75. The maximum absolute atomic E-state index is 12.4. The normalized spacial score (nSPS) is 11.3. The van der Waals surface area contributed by atoms with Crippen molar-refractivity contribution in [3.05, 3.63) is 23.8 Å². The number of nitrogens with two attached hydrogens (primary N) is 1. The van der Waals surface area contributed by atoms with Crippen LogP contribution in [-0.4, -0.2) is 38.3 Å². The lowest BCUT2D eigenvalue weighted by Gasteiger charge is -2.29. The Balaban J connectivity index is 2.92. The van der Waals surface area contributed by atoms with Crippen molar-refractivity contribution in [3.8, 4) is 0 Å². The molecule has 0 spiro atoms. The SMILES string of the molecule is CCC(CC)(CO)CNC(=O)c1cc(N)ccc1N(C)C. The van der Waals surface area contributed by atoms with Crippen molar-refractivity contribution in [2.24, 2.45) is 5.41 Å². The van der Waals surface area contributed by atoms with Gasteiger partial charge >= 0.3 is 0 Å². The van der Waals surface area contributed by atoms with Crippen LogP contribution in [0.5, 0.6) is 0 Å². The molecule has 0 atom stereocenters. The van der Waals surface area contributed by atoms with E-state index >= 15 is 0 Å². The molecule has 1 aromatic rings. The summed E-state index contributed by atoms with van der Waals surface area (Å²) in [5.74, 6) is -0.161. The number of aliphatic hydroxyl groups excluding tert-OH is 1. The molecule has 1 rings (SSSR count). The third-order valence-electron chi connectivity index (χ3n) is 4.21. The van der Waals surface area contributed by atoms with Gasteiger partial charge in [-0.1, -0.05) is 13.8 Å².